The molecule has 2 aromatic carbocycles. The molecule has 43 heavy (non-hydrogen) atoms. The first-order valence-electron chi connectivity index (χ1n) is 14.3. The molecule has 2 fully saturated rings. The molecule has 4 rings (SSSR count). The number of aromatic carboxylic acids is 1. The summed E-state index contributed by atoms with van der Waals surface area (Å²) in [5.41, 5.74) is 0.735. The number of carbonyl (C=O) groups excluding carboxylic acids is 1. The maximum atomic E-state index is 13.1. The molecule has 0 radical (unpaired) electrons. The predicted octanol–water partition coefficient (Wildman–Crippen LogP) is 5.24. The van der Waals surface area contributed by atoms with Crippen LogP contribution < -0.4 is 9.47 Å². The topological polar surface area (TPSA) is 130 Å². The number of carboxylic acids is 1. The monoisotopic (exact) mass is 596 g/mol. The molecule has 1 heterocycles. The summed E-state index contributed by atoms with van der Waals surface area (Å²) in [6.45, 7) is 3.44. The third-order valence-corrected chi connectivity index (χ3v) is 7.43. The molecule has 1 aliphatic carbocycles. The van der Waals surface area contributed by atoms with Crippen molar-refractivity contribution in [2.75, 3.05) is 21.0 Å². The van der Waals surface area contributed by atoms with E-state index in [2.05, 4.69) is 0 Å². The predicted molar refractivity (Wildman–Crippen MR) is 158 cm³/mol. The molecule has 2 aromatic rings. The van der Waals surface area contributed by atoms with E-state index in [9.17, 15) is 19.8 Å². The van der Waals surface area contributed by atoms with Crippen molar-refractivity contribution in [1.82, 2.24) is 0 Å². The lowest BCUT2D eigenvalue weighted by Crippen LogP contribution is -2.37. The van der Waals surface area contributed by atoms with Gasteiger partial charge in [-0.05, 0) is 62.9 Å². The third-order valence-electron chi connectivity index (χ3n) is 7.43. The van der Waals surface area contributed by atoms with Gasteiger partial charge >= 0.3 is 11.9 Å². The molecule has 5 atom stereocenters. The Hall–Kier alpha value is -3.70. The number of carboxylic acid groups (broad SMARTS) is 1. The summed E-state index contributed by atoms with van der Waals surface area (Å²) in [5.74, 6) is -2.15. The lowest BCUT2D eigenvalue weighted by Gasteiger charge is -2.25. The van der Waals surface area contributed by atoms with Crippen LogP contribution in [0, 0.1) is 5.92 Å². The van der Waals surface area contributed by atoms with E-state index in [-0.39, 0.29) is 24.0 Å². The maximum absolute atomic E-state index is 13.1. The number of aliphatic hydroxyl groups is 1. The fraction of sp³-hybridized carbons (Fsp3) is 0.455. The van der Waals surface area contributed by atoms with Crippen molar-refractivity contribution in [3.63, 3.8) is 0 Å². The third kappa shape index (κ3) is 8.45. The van der Waals surface area contributed by atoms with E-state index in [1.165, 1.54) is 20.3 Å². The second kappa shape index (κ2) is 14.7. The minimum absolute atomic E-state index is 0.0383. The molecule has 0 spiro atoms. The average molecular weight is 597 g/mol. The van der Waals surface area contributed by atoms with E-state index in [1.807, 2.05) is 12.1 Å². The fourth-order valence-corrected chi connectivity index (χ4v) is 5.41. The van der Waals surface area contributed by atoms with E-state index in [4.69, 9.17) is 28.4 Å². The Balaban J connectivity index is 1.60. The summed E-state index contributed by atoms with van der Waals surface area (Å²) in [6.07, 6.45) is 7.49. The highest BCUT2D eigenvalue weighted by molar-refractivity contribution is 5.95. The minimum atomic E-state index is -1.17. The summed E-state index contributed by atoms with van der Waals surface area (Å²) in [5, 5.41) is 20.3. The number of benzene rings is 2. The van der Waals surface area contributed by atoms with Gasteiger partial charge in [-0.3, -0.25) is 0 Å². The normalized spacial score (nSPS) is 23.9. The molecule has 1 aliphatic heterocycles. The maximum Gasteiger partial charge on any atom is 0.340 e. The van der Waals surface area contributed by atoms with Gasteiger partial charge in [0.15, 0.2) is 12.6 Å². The molecule has 2 aliphatic rings. The Morgan fingerprint density at radius 1 is 1.12 bits per heavy atom. The van der Waals surface area contributed by atoms with Gasteiger partial charge in [0, 0.05) is 19.1 Å². The van der Waals surface area contributed by atoms with Crippen molar-refractivity contribution in [3.8, 4) is 11.5 Å². The van der Waals surface area contributed by atoms with Crippen LogP contribution in [0.4, 0.5) is 0 Å². The zero-order valence-corrected chi connectivity index (χ0v) is 24.9. The molecule has 0 amide bonds. The van der Waals surface area contributed by atoms with Crippen LogP contribution >= 0.6 is 0 Å². The Bertz CT molecular complexity index is 1300. The molecule has 10 nitrogen and oxygen atoms in total. The first kappa shape index (κ1) is 32.2. The fourth-order valence-electron chi connectivity index (χ4n) is 5.41. The number of ether oxygens (including phenoxy) is 6. The molecule has 1 unspecified atom stereocenters. The van der Waals surface area contributed by atoms with Gasteiger partial charge in [-0.25, -0.2) is 9.59 Å². The molecule has 2 N–H and O–H groups in total. The van der Waals surface area contributed by atoms with Crippen LogP contribution in [-0.4, -0.2) is 73.4 Å². The molecule has 1 saturated heterocycles. The van der Waals surface area contributed by atoms with Gasteiger partial charge in [-0.2, -0.15) is 0 Å². The summed E-state index contributed by atoms with van der Waals surface area (Å²) in [7, 11) is 2.92. The number of hydrogen-bond acceptors (Lipinski definition) is 9. The SMILES string of the molecule is COCOc1cc(OC)cc(C=CC[C@@H]2OC(C)(C)O[C@@H]2C(C=C[C@H]2CCC[C@@H]2O)OC(=O)c2ccccc2)c1C(=O)O. The van der Waals surface area contributed by atoms with Gasteiger partial charge < -0.3 is 38.6 Å². The number of hydrogen-bond donors (Lipinski definition) is 2. The Labute approximate surface area is 251 Å². The number of methoxy groups -OCH3 is 2. The van der Waals surface area contributed by atoms with Crippen molar-refractivity contribution >= 4 is 18.0 Å². The van der Waals surface area contributed by atoms with Gasteiger partial charge in [-0.1, -0.05) is 42.8 Å². The second-order valence-electron chi connectivity index (χ2n) is 11.0. The van der Waals surface area contributed by atoms with Crippen LogP contribution in [0.15, 0.2) is 60.7 Å². The smallest absolute Gasteiger partial charge is 0.340 e. The molecular weight excluding hydrogens is 556 g/mol. The van der Waals surface area contributed by atoms with E-state index >= 15 is 0 Å². The first-order chi connectivity index (χ1) is 20.6. The van der Waals surface area contributed by atoms with Crippen molar-refractivity contribution in [2.45, 2.75) is 69.7 Å². The van der Waals surface area contributed by atoms with Gasteiger partial charge in [0.25, 0.3) is 0 Å². The zero-order valence-electron chi connectivity index (χ0n) is 24.9. The first-order valence-corrected chi connectivity index (χ1v) is 14.3. The van der Waals surface area contributed by atoms with Crippen molar-refractivity contribution in [2.24, 2.45) is 5.92 Å². The molecule has 0 bridgehead atoms. The molecular formula is C33H40O10. The molecule has 10 heteroatoms. The quantitative estimate of drug-likeness (QED) is 0.180. The Morgan fingerprint density at radius 2 is 1.88 bits per heavy atom. The van der Waals surface area contributed by atoms with E-state index in [1.54, 1.807) is 62.4 Å². The van der Waals surface area contributed by atoms with E-state index < -0.39 is 42.1 Å². The largest absolute Gasteiger partial charge is 0.497 e. The van der Waals surface area contributed by atoms with E-state index in [0.717, 1.165) is 19.3 Å². The highest BCUT2D eigenvalue weighted by Crippen LogP contribution is 2.36. The second-order valence-corrected chi connectivity index (χ2v) is 11.0. The van der Waals surface area contributed by atoms with Crippen LogP contribution in [-0.2, 0) is 18.9 Å². The number of esters is 1. The van der Waals surface area contributed by atoms with Gasteiger partial charge in [0.2, 0.25) is 0 Å². The number of aliphatic hydroxyl groups excluding tert-OH is 1. The van der Waals surface area contributed by atoms with E-state index in [0.29, 0.717) is 23.3 Å². The number of rotatable bonds is 13. The highest BCUT2D eigenvalue weighted by Gasteiger charge is 2.45. The summed E-state index contributed by atoms with van der Waals surface area (Å²) < 4.78 is 34.3. The lowest BCUT2D eigenvalue weighted by molar-refractivity contribution is -0.152. The van der Waals surface area contributed by atoms with Crippen LogP contribution in [0.2, 0.25) is 0 Å². The Morgan fingerprint density at radius 3 is 2.53 bits per heavy atom. The number of carbonyl (C=O) groups is 2. The van der Waals surface area contributed by atoms with Gasteiger partial charge in [0.05, 0.1) is 24.9 Å². The van der Waals surface area contributed by atoms with Crippen LogP contribution in [0.25, 0.3) is 6.08 Å². The highest BCUT2D eigenvalue weighted by atomic mass is 16.8. The molecule has 1 saturated carbocycles. The molecule has 232 valence electrons. The van der Waals surface area contributed by atoms with Crippen molar-refractivity contribution in [3.05, 3.63) is 77.4 Å². The van der Waals surface area contributed by atoms with Crippen LogP contribution in [0.1, 0.15) is 65.8 Å². The lowest BCUT2D eigenvalue weighted by atomic mass is 9.99. The summed E-state index contributed by atoms with van der Waals surface area (Å²) in [4.78, 5) is 25.3. The van der Waals surface area contributed by atoms with Crippen LogP contribution in [0.3, 0.4) is 0 Å². The van der Waals surface area contributed by atoms with Crippen molar-refractivity contribution in [1.29, 1.82) is 0 Å². The summed E-state index contributed by atoms with van der Waals surface area (Å²) >= 11 is 0. The van der Waals surface area contributed by atoms with Crippen molar-refractivity contribution < 1.29 is 48.2 Å². The minimum Gasteiger partial charge on any atom is -0.497 e. The average Bonchev–Trinajstić information content (AvgIpc) is 3.54. The van der Waals surface area contributed by atoms with Gasteiger partial charge in [0.1, 0.15) is 29.3 Å². The standard InChI is InChI=1S/C33H40O10/c1-33(2)42-27(15-9-13-23-18-24(39-4)19-28(40-20-38-3)29(23)31(35)36)30(43-33)26(17-16-21-12-8-14-25(21)34)41-32(37)22-10-6-5-7-11-22/h5-7,9-11,13,16-19,21,25-27,30,34H,8,12,14-15,20H2,1-4H3,(H,35,36)/t21-,25+,26?,27+,30-/m1/s1. The van der Waals surface area contributed by atoms with Gasteiger partial charge in [-0.15, -0.1) is 0 Å². The Kier molecular flexibility index (Phi) is 11.0. The zero-order chi connectivity index (χ0) is 31.0. The van der Waals surface area contributed by atoms with Crippen LogP contribution in [0.5, 0.6) is 11.5 Å². The summed E-state index contributed by atoms with van der Waals surface area (Å²) in [6, 6.07) is 11.8. The molecule has 0 aromatic heterocycles.